The lowest BCUT2D eigenvalue weighted by Crippen LogP contribution is -2.30. The number of benzene rings is 1. The highest BCUT2D eigenvalue weighted by Crippen LogP contribution is 2.21. The molecule has 20 heavy (non-hydrogen) atoms. The third-order valence-corrected chi connectivity index (χ3v) is 4.13. The molecule has 1 atom stereocenters. The van der Waals surface area contributed by atoms with E-state index in [0.717, 1.165) is 24.1 Å². The van der Waals surface area contributed by atoms with Crippen LogP contribution >= 0.6 is 11.8 Å². The van der Waals surface area contributed by atoms with Crippen molar-refractivity contribution in [2.45, 2.75) is 12.5 Å². The van der Waals surface area contributed by atoms with Gasteiger partial charge in [-0.05, 0) is 11.6 Å². The van der Waals surface area contributed by atoms with Crippen molar-refractivity contribution in [3.05, 3.63) is 47.1 Å². The maximum Gasteiger partial charge on any atom is 0.244 e. The van der Waals surface area contributed by atoms with Gasteiger partial charge in [0.15, 0.2) is 5.82 Å². The fourth-order valence-electron chi connectivity index (χ4n) is 2.04. The van der Waals surface area contributed by atoms with Gasteiger partial charge in [0.2, 0.25) is 5.89 Å². The van der Waals surface area contributed by atoms with E-state index in [4.69, 9.17) is 4.52 Å². The predicted octanol–water partition coefficient (Wildman–Crippen LogP) is 2.32. The van der Waals surface area contributed by atoms with Crippen LogP contribution in [0.3, 0.4) is 0 Å². The number of aromatic nitrogens is 2. The second kappa shape index (κ2) is 5.88. The Kier molecular flexibility index (Phi) is 3.98. The van der Waals surface area contributed by atoms with Crippen LogP contribution in [0.4, 0.5) is 8.78 Å². The fraction of sp³-hybridized carbons (Fsp3) is 0.385. The van der Waals surface area contributed by atoms with Crippen LogP contribution in [0.5, 0.6) is 0 Å². The normalized spacial score (nSPS) is 19.2. The molecule has 0 aliphatic carbocycles. The van der Waals surface area contributed by atoms with Crippen LogP contribution in [-0.4, -0.2) is 28.2 Å². The minimum Gasteiger partial charge on any atom is -0.338 e. The van der Waals surface area contributed by atoms with Gasteiger partial charge in [-0.1, -0.05) is 11.2 Å². The smallest absolute Gasteiger partial charge is 0.244 e. The summed E-state index contributed by atoms with van der Waals surface area (Å²) in [7, 11) is 0. The lowest BCUT2D eigenvalue weighted by molar-refractivity contribution is 0.339. The van der Waals surface area contributed by atoms with E-state index in [-0.39, 0.29) is 12.5 Å². The Balaban J connectivity index is 1.73. The summed E-state index contributed by atoms with van der Waals surface area (Å²) in [5.74, 6) is 1.69. The van der Waals surface area contributed by atoms with Gasteiger partial charge >= 0.3 is 0 Å². The number of thioether (sulfide) groups is 1. The Morgan fingerprint density at radius 2 is 2.30 bits per heavy atom. The molecule has 4 nitrogen and oxygen atoms in total. The molecule has 1 aromatic carbocycles. The molecule has 1 N–H and O–H groups in total. The Bertz CT molecular complexity index is 599. The van der Waals surface area contributed by atoms with E-state index in [0.29, 0.717) is 17.3 Å². The van der Waals surface area contributed by atoms with E-state index >= 15 is 0 Å². The van der Waals surface area contributed by atoms with Crippen LogP contribution in [-0.2, 0) is 6.42 Å². The zero-order valence-corrected chi connectivity index (χ0v) is 11.4. The Hall–Kier alpha value is -1.47. The quantitative estimate of drug-likeness (QED) is 0.942. The first-order chi connectivity index (χ1) is 9.72. The lowest BCUT2D eigenvalue weighted by Gasteiger charge is -2.19. The van der Waals surface area contributed by atoms with Crippen LogP contribution in [0, 0.1) is 11.6 Å². The third kappa shape index (κ3) is 2.99. The van der Waals surface area contributed by atoms with E-state index in [9.17, 15) is 8.78 Å². The van der Waals surface area contributed by atoms with Crippen LogP contribution in [0.15, 0.2) is 22.7 Å². The molecular formula is C13H13F2N3OS. The van der Waals surface area contributed by atoms with Gasteiger partial charge in [0, 0.05) is 30.5 Å². The van der Waals surface area contributed by atoms with Crippen molar-refractivity contribution >= 4 is 11.8 Å². The SMILES string of the molecule is Fc1ccc(Cc2noc(C3CSCCN3)n2)c(F)c1. The first kappa shape index (κ1) is 13.5. The summed E-state index contributed by atoms with van der Waals surface area (Å²) in [6.45, 7) is 0.902. The molecule has 3 rings (SSSR count). The highest BCUT2D eigenvalue weighted by Gasteiger charge is 2.21. The standard InChI is InChI=1S/C13H13F2N3OS/c14-9-2-1-8(10(15)6-9)5-12-17-13(19-18-12)11-7-20-4-3-16-11/h1-2,6,11,16H,3-5,7H2. The topological polar surface area (TPSA) is 51.0 Å². The molecule has 1 aliphatic rings. The van der Waals surface area contributed by atoms with Crippen LogP contribution in [0.1, 0.15) is 23.3 Å². The third-order valence-electron chi connectivity index (χ3n) is 3.07. The Morgan fingerprint density at radius 3 is 3.05 bits per heavy atom. The van der Waals surface area contributed by atoms with Crippen molar-refractivity contribution in [1.82, 2.24) is 15.5 Å². The lowest BCUT2D eigenvalue weighted by atomic mass is 10.1. The summed E-state index contributed by atoms with van der Waals surface area (Å²) in [6, 6.07) is 3.53. The van der Waals surface area contributed by atoms with Crippen LogP contribution < -0.4 is 5.32 Å². The molecular weight excluding hydrogens is 284 g/mol. The second-order valence-electron chi connectivity index (χ2n) is 4.54. The first-order valence-corrected chi connectivity index (χ1v) is 7.45. The molecule has 1 aromatic heterocycles. The molecule has 0 saturated carbocycles. The number of nitrogens with one attached hydrogen (secondary N) is 1. The molecule has 2 aromatic rings. The van der Waals surface area contributed by atoms with Gasteiger partial charge in [-0.25, -0.2) is 8.78 Å². The van der Waals surface area contributed by atoms with Crippen molar-refractivity contribution in [2.75, 3.05) is 18.1 Å². The molecule has 0 radical (unpaired) electrons. The summed E-state index contributed by atoms with van der Waals surface area (Å²) in [4.78, 5) is 4.28. The Labute approximate surface area is 118 Å². The van der Waals surface area contributed by atoms with Crippen LogP contribution in [0.25, 0.3) is 0 Å². The predicted molar refractivity (Wildman–Crippen MR) is 71.5 cm³/mol. The molecule has 0 bridgehead atoms. The minimum atomic E-state index is -0.595. The summed E-state index contributed by atoms with van der Waals surface area (Å²) in [6.07, 6.45) is 0.190. The zero-order valence-electron chi connectivity index (χ0n) is 10.6. The van der Waals surface area contributed by atoms with Crippen molar-refractivity contribution < 1.29 is 13.3 Å². The van der Waals surface area contributed by atoms with Gasteiger partial charge in [0.25, 0.3) is 0 Å². The number of hydrogen-bond acceptors (Lipinski definition) is 5. The average Bonchev–Trinajstić information content (AvgIpc) is 2.92. The number of nitrogens with zero attached hydrogens (tertiary/aromatic N) is 2. The summed E-state index contributed by atoms with van der Waals surface area (Å²) in [5, 5.41) is 7.15. The molecule has 0 spiro atoms. The van der Waals surface area contributed by atoms with Crippen LogP contribution in [0.2, 0.25) is 0 Å². The van der Waals surface area contributed by atoms with Gasteiger partial charge in [-0.2, -0.15) is 16.7 Å². The van der Waals surface area contributed by atoms with E-state index in [1.807, 2.05) is 11.8 Å². The van der Waals surface area contributed by atoms with E-state index in [1.54, 1.807) is 0 Å². The van der Waals surface area contributed by atoms with Crippen molar-refractivity contribution in [3.8, 4) is 0 Å². The van der Waals surface area contributed by atoms with Crippen molar-refractivity contribution in [3.63, 3.8) is 0 Å². The highest BCUT2D eigenvalue weighted by atomic mass is 32.2. The molecule has 1 unspecified atom stereocenters. The van der Waals surface area contributed by atoms with Gasteiger partial charge < -0.3 is 9.84 Å². The summed E-state index contributed by atoms with van der Waals surface area (Å²) >= 11 is 1.82. The zero-order chi connectivity index (χ0) is 13.9. The van der Waals surface area contributed by atoms with E-state index in [1.165, 1.54) is 12.1 Å². The van der Waals surface area contributed by atoms with E-state index in [2.05, 4.69) is 15.5 Å². The maximum absolute atomic E-state index is 13.6. The van der Waals surface area contributed by atoms with Crippen molar-refractivity contribution in [1.29, 1.82) is 0 Å². The summed E-state index contributed by atoms with van der Waals surface area (Å²) in [5.41, 5.74) is 0.352. The largest absolute Gasteiger partial charge is 0.338 e. The summed E-state index contributed by atoms with van der Waals surface area (Å²) < 4.78 is 31.6. The van der Waals surface area contributed by atoms with Gasteiger partial charge in [-0.3, -0.25) is 0 Å². The molecule has 2 heterocycles. The molecule has 1 fully saturated rings. The van der Waals surface area contributed by atoms with Gasteiger partial charge in [-0.15, -0.1) is 0 Å². The van der Waals surface area contributed by atoms with Crippen molar-refractivity contribution in [2.24, 2.45) is 0 Å². The number of halogens is 2. The molecule has 106 valence electrons. The van der Waals surface area contributed by atoms with Gasteiger partial charge in [0.1, 0.15) is 11.6 Å². The van der Waals surface area contributed by atoms with Gasteiger partial charge in [0.05, 0.1) is 6.04 Å². The molecule has 1 aliphatic heterocycles. The molecule has 0 amide bonds. The average molecular weight is 297 g/mol. The fourth-order valence-corrected chi connectivity index (χ4v) is 2.97. The first-order valence-electron chi connectivity index (χ1n) is 6.30. The minimum absolute atomic E-state index is 0.0491. The number of hydrogen-bond donors (Lipinski definition) is 1. The molecule has 1 saturated heterocycles. The number of rotatable bonds is 3. The monoisotopic (exact) mass is 297 g/mol. The second-order valence-corrected chi connectivity index (χ2v) is 5.69. The molecule has 7 heteroatoms. The highest BCUT2D eigenvalue weighted by molar-refractivity contribution is 7.99. The van der Waals surface area contributed by atoms with E-state index < -0.39 is 11.6 Å². The maximum atomic E-state index is 13.6. The Morgan fingerprint density at radius 1 is 1.40 bits per heavy atom.